The van der Waals surface area contributed by atoms with Crippen molar-refractivity contribution in [3.05, 3.63) is 65.9 Å². The molecule has 24 heavy (non-hydrogen) atoms. The number of ether oxygens (including phenoxy) is 1. The molecule has 124 valence electrons. The Morgan fingerprint density at radius 3 is 2.71 bits per heavy atom. The molecule has 0 aliphatic heterocycles. The number of aromatic nitrogens is 1. The Morgan fingerprint density at radius 2 is 1.92 bits per heavy atom. The van der Waals surface area contributed by atoms with Crippen LogP contribution in [0.25, 0.3) is 10.9 Å². The number of hydrogen-bond donors (Lipinski definition) is 2. The van der Waals surface area contributed by atoms with Crippen molar-refractivity contribution < 1.29 is 9.53 Å². The minimum atomic E-state index is 0.0886. The first-order chi connectivity index (χ1) is 11.8. The van der Waals surface area contributed by atoms with E-state index in [-0.39, 0.29) is 5.91 Å². The number of rotatable bonds is 7. The SMILES string of the molecule is COc1ccc(CNC(=O)CCCc2c[nH]c3ccccc23)cc1. The predicted octanol–water partition coefficient (Wildman–Crippen LogP) is 3.82. The molecule has 0 bridgehead atoms. The summed E-state index contributed by atoms with van der Waals surface area (Å²) in [5, 5.41) is 4.21. The van der Waals surface area contributed by atoms with Gasteiger partial charge in [0.1, 0.15) is 5.75 Å². The van der Waals surface area contributed by atoms with Gasteiger partial charge in [-0.15, -0.1) is 0 Å². The van der Waals surface area contributed by atoms with Gasteiger partial charge >= 0.3 is 0 Å². The summed E-state index contributed by atoms with van der Waals surface area (Å²) in [4.78, 5) is 15.3. The minimum absolute atomic E-state index is 0.0886. The second kappa shape index (κ2) is 7.68. The molecule has 0 aliphatic carbocycles. The van der Waals surface area contributed by atoms with E-state index in [1.54, 1.807) is 7.11 Å². The number of carbonyl (C=O) groups excluding carboxylic acids is 1. The van der Waals surface area contributed by atoms with E-state index in [0.29, 0.717) is 13.0 Å². The van der Waals surface area contributed by atoms with Gasteiger partial charge in [-0.2, -0.15) is 0 Å². The van der Waals surface area contributed by atoms with Gasteiger partial charge in [-0.1, -0.05) is 30.3 Å². The van der Waals surface area contributed by atoms with Gasteiger partial charge in [0.05, 0.1) is 7.11 Å². The van der Waals surface area contributed by atoms with Gasteiger partial charge in [-0.05, 0) is 42.2 Å². The Kier molecular flexibility index (Phi) is 5.16. The number of aryl methyl sites for hydroxylation is 1. The molecular weight excluding hydrogens is 300 g/mol. The van der Waals surface area contributed by atoms with Crippen LogP contribution in [0.5, 0.6) is 5.75 Å². The van der Waals surface area contributed by atoms with Crippen LogP contribution in [0.4, 0.5) is 0 Å². The third-order valence-electron chi connectivity index (χ3n) is 4.17. The van der Waals surface area contributed by atoms with Crippen LogP contribution in [0, 0.1) is 0 Å². The molecule has 3 aromatic rings. The number of H-pyrrole nitrogens is 1. The van der Waals surface area contributed by atoms with Crippen molar-refractivity contribution in [1.82, 2.24) is 10.3 Å². The number of carbonyl (C=O) groups is 1. The zero-order valence-electron chi connectivity index (χ0n) is 13.8. The van der Waals surface area contributed by atoms with Crippen molar-refractivity contribution in [2.24, 2.45) is 0 Å². The molecule has 0 spiro atoms. The molecule has 3 rings (SSSR count). The number of nitrogens with one attached hydrogen (secondary N) is 2. The fourth-order valence-corrected chi connectivity index (χ4v) is 2.81. The van der Waals surface area contributed by atoms with Crippen molar-refractivity contribution in [3.8, 4) is 5.75 Å². The van der Waals surface area contributed by atoms with Gasteiger partial charge in [-0.25, -0.2) is 0 Å². The molecule has 0 saturated heterocycles. The van der Waals surface area contributed by atoms with E-state index < -0.39 is 0 Å². The Morgan fingerprint density at radius 1 is 1.12 bits per heavy atom. The lowest BCUT2D eigenvalue weighted by atomic mass is 10.1. The van der Waals surface area contributed by atoms with Crippen LogP contribution in [0.2, 0.25) is 0 Å². The first kappa shape index (κ1) is 16.1. The molecule has 0 radical (unpaired) electrons. The summed E-state index contributed by atoms with van der Waals surface area (Å²) < 4.78 is 5.12. The predicted molar refractivity (Wildman–Crippen MR) is 96.1 cm³/mol. The van der Waals surface area contributed by atoms with Gasteiger partial charge in [0, 0.05) is 30.1 Å². The third-order valence-corrected chi connectivity index (χ3v) is 4.17. The monoisotopic (exact) mass is 322 g/mol. The summed E-state index contributed by atoms with van der Waals surface area (Å²) in [6.45, 7) is 0.552. The fraction of sp³-hybridized carbons (Fsp3) is 0.250. The molecule has 4 heteroatoms. The van der Waals surface area contributed by atoms with Crippen LogP contribution < -0.4 is 10.1 Å². The largest absolute Gasteiger partial charge is 0.497 e. The van der Waals surface area contributed by atoms with E-state index in [9.17, 15) is 4.79 Å². The highest BCUT2D eigenvalue weighted by molar-refractivity contribution is 5.83. The van der Waals surface area contributed by atoms with Crippen LogP contribution in [0.3, 0.4) is 0 Å². The van der Waals surface area contributed by atoms with Gasteiger partial charge in [-0.3, -0.25) is 4.79 Å². The van der Waals surface area contributed by atoms with E-state index >= 15 is 0 Å². The normalized spacial score (nSPS) is 10.7. The highest BCUT2D eigenvalue weighted by Crippen LogP contribution is 2.19. The molecule has 1 heterocycles. The second-order valence-corrected chi connectivity index (χ2v) is 5.84. The standard InChI is InChI=1S/C20H22N2O2/c1-24-17-11-9-15(10-12-17)13-22-20(23)8-4-5-16-14-21-19-7-3-2-6-18(16)19/h2-3,6-7,9-12,14,21H,4-5,8,13H2,1H3,(H,22,23). The maximum Gasteiger partial charge on any atom is 0.220 e. The minimum Gasteiger partial charge on any atom is -0.497 e. The molecule has 0 unspecified atom stereocenters. The number of amides is 1. The van der Waals surface area contributed by atoms with Gasteiger partial charge in [0.25, 0.3) is 0 Å². The molecule has 1 aromatic heterocycles. The molecule has 0 aliphatic rings. The maximum absolute atomic E-state index is 12.0. The lowest BCUT2D eigenvalue weighted by Gasteiger charge is -2.06. The summed E-state index contributed by atoms with van der Waals surface area (Å²) in [7, 11) is 1.64. The first-order valence-electron chi connectivity index (χ1n) is 8.21. The lowest BCUT2D eigenvalue weighted by Crippen LogP contribution is -2.22. The summed E-state index contributed by atoms with van der Waals surface area (Å²) in [6, 6.07) is 16.0. The fourth-order valence-electron chi connectivity index (χ4n) is 2.81. The van der Waals surface area contributed by atoms with Gasteiger partial charge < -0.3 is 15.0 Å². The van der Waals surface area contributed by atoms with E-state index in [1.165, 1.54) is 10.9 Å². The highest BCUT2D eigenvalue weighted by atomic mass is 16.5. The van der Waals surface area contributed by atoms with Crippen molar-refractivity contribution >= 4 is 16.8 Å². The average Bonchev–Trinajstić information content (AvgIpc) is 3.04. The Hall–Kier alpha value is -2.75. The Balaban J connectivity index is 1.44. The van der Waals surface area contributed by atoms with Crippen molar-refractivity contribution in [2.45, 2.75) is 25.8 Å². The number of benzene rings is 2. The van der Waals surface area contributed by atoms with Gasteiger partial charge in [0.2, 0.25) is 5.91 Å². The van der Waals surface area contributed by atoms with Crippen LogP contribution in [0.15, 0.2) is 54.7 Å². The quantitative estimate of drug-likeness (QED) is 0.695. The Labute approximate surface area is 141 Å². The summed E-state index contributed by atoms with van der Waals surface area (Å²) in [5.41, 5.74) is 3.49. The topological polar surface area (TPSA) is 54.1 Å². The molecule has 2 aromatic carbocycles. The number of hydrogen-bond acceptors (Lipinski definition) is 2. The molecular formula is C20H22N2O2. The van der Waals surface area contributed by atoms with E-state index in [1.807, 2.05) is 42.6 Å². The zero-order valence-corrected chi connectivity index (χ0v) is 13.8. The summed E-state index contributed by atoms with van der Waals surface area (Å²) in [6.07, 6.45) is 4.33. The number of fused-ring (bicyclic) bond motifs is 1. The summed E-state index contributed by atoms with van der Waals surface area (Å²) >= 11 is 0. The maximum atomic E-state index is 12.0. The van der Waals surface area contributed by atoms with Crippen LogP contribution in [-0.4, -0.2) is 18.0 Å². The third kappa shape index (κ3) is 3.96. The highest BCUT2D eigenvalue weighted by Gasteiger charge is 2.05. The zero-order chi connectivity index (χ0) is 16.8. The average molecular weight is 322 g/mol. The molecule has 4 nitrogen and oxygen atoms in total. The van der Waals surface area contributed by atoms with Crippen LogP contribution >= 0.6 is 0 Å². The van der Waals surface area contributed by atoms with Crippen LogP contribution in [0.1, 0.15) is 24.0 Å². The van der Waals surface area contributed by atoms with E-state index in [2.05, 4.69) is 22.4 Å². The van der Waals surface area contributed by atoms with Crippen molar-refractivity contribution in [1.29, 1.82) is 0 Å². The van der Waals surface area contributed by atoms with E-state index in [0.717, 1.165) is 29.7 Å². The van der Waals surface area contributed by atoms with Crippen molar-refractivity contribution in [3.63, 3.8) is 0 Å². The molecule has 0 fully saturated rings. The van der Waals surface area contributed by atoms with Crippen LogP contribution in [-0.2, 0) is 17.8 Å². The molecule has 0 saturated carbocycles. The van der Waals surface area contributed by atoms with E-state index in [4.69, 9.17) is 4.74 Å². The smallest absolute Gasteiger partial charge is 0.220 e. The number of aromatic amines is 1. The summed E-state index contributed by atoms with van der Waals surface area (Å²) in [5.74, 6) is 0.912. The molecule has 2 N–H and O–H groups in total. The number of methoxy groups -OCH3 is 1. The number of para-hydroxylation sites is 1. The van der Waals surface area contributed by atoms with Crippen molar-refractivity contribution in [2.75, 3.05) is 7.11 Å². The van der Waals surface area contributed by atoms with Gasteiger partial charge in [0.15, 0.2) is 0 Å². The second-order valence-electron chi connectivity index (χ2n) is 5.84. The Bertz CT molecular complexity index is 806. The molecule has 0 atom stereocenters. The molecule has 1 amide bonds. The lowest BCUT2D eigenvalue weighted by molar-refractivity contribution is -0.121. The first-order valence-corrected chi connectivity index (χ1v) is 8.21.